The van der Waals surface area contributed by atoms with E-state index in [0.29, 0.717) is 34.7 Å². The molecule has 0 fully saturated rings. The number of ketones is 1. The summed E-state index contributed by atoms with van der Waals surface area (Å²) >= 11 is 0. The third-order valence-corrected chi connectivity index (χ3v) is 4.38. The molecular formula is C21H20FN3O3. The second-order valence-corrected chi connectivity index (χ2v) is 6.44. The SMILES string of the molecule is CCC(=O)N(C)c1ccc(-c2ccc(C(=O)Cc3cc(C)no3)cn2)cc1F. The van der Waals surface area contributed by atoms with E-state index >= 15 is 0 Å². The predicted octanol–water partition coefficient (Wildman–Crippen LogP) is 3.98. The Labute approximate surface area is 162 Å². The lowest BCUT2D eigenvalue weighted by Crippen LogP contribution is -2.25. The number of nitrogens with zero attached hydrogens (tertiary/aromatic N) is 3. The van der Waals surface area contributed by atoms with Gasteiger partial charge in [-0.2, -0.15) is 0 Å². The van der Waals surface area contributed by atoms with Gasteiger partial charge in [0.25, 0.3) is 0 Å². The third-order valence-electron chi connectivity index (χ3n) is 4.38. The van der Waals surface area contributed by atoms with Crippen molar-refractivity contribution in [2.45, 2.75) is 26.7 Å². The van der Waals surface area contributed by atoms with Gasteiger partial charge in [-0.1, -0.05) is 18.1 Å². The van der Waals surface area contributed by atoms with Gasteiger partial charge in [0.2, 0.25) is 5.91 Å². The Morgan fingerprint density at radius 1 is 1.18 bits per heavy atom. The first-order chi connectivity index (χ1) is 13.4. The fourth-order valence-corrected chi connectivity index (χ4v) is 2.80. The Hall–Kier alpha value is -3.35. The van der Waals surface area contributed by atoms with Crippen molar-refractivity contribution >= 4 is 17.4 Å². The van der Waals surface area contributed by atoms with Crippen molar-refractivity contribution in [3.05, 3.63) is 65.4 Å². The van der Waals surface area contributed by atoms with E-state index < -0.39 is 5.82 Å². The lowest BCUT2D eigenvalue weighted by Gasteiger charge is -2.17. The largest absolute Gasteiger partial charge is 0.361 e. The van der Waals surface area contributed by atoms with E-state index in [1.54, 1.807) is 51.2 Å². The number of aryl methyl sites for hydroxylation is 1. The molecule has 0 N–H and O–H groups in total. The molecule has 2 heterocycles. The smallest absolute Gasteiger partial charge is 0.226 e. The second kappa shape index (κ2) is 8.12. The van der Waals surface area contributed by atoms with E-state index in [4.69, 9.17) is 4.52 Å². The quantitative estimate of drug-likeness (QED) is 0.604. The van der Waals surface area contributed by atoms with Crippen LogP contribution >= 0.6 is 0 Å². The highest BCUT2D eigenvalue weighted by molar-refractivity contribution is 5.97. The van der Waals surface area contributed by atoms with Crippen molar-refractivity contribution in [1.29, 1.82) is 0 Å². The van der Waals surface area contributed by atoms with Crippen molar-refractivity contribution in [3.8, 4) is 11.3 Å². The van der Waals surface area contributed by atoms with Crippen LogP contribution in [-0.4, -0.2) is 28.9 Å². The Morgan fingerprint density at radius 3 is 2.54 bits per heavy atom. The van der Waals surface area contributed by atoms with Crippen LogP contribution in [0.5, 0.6) is 0 Å². The summed E-state index contributed by atoms with van der Waals surface area (Å²) in [6, 6.07) is 9.59. The summed E-state index contributed by atoms with van der Waals surface area (Å²) in [5.41, 5.74) is 2.45. The molecule has 0 bridgehead atoms. The molecule has 0 spiro atoms. The number of aromatic nitrogens is 2. The standard InChI is InChI=1S/C21H20FN3O3/c1-4-21(27)25(3)19-8-6-14(10-17(19)22)18-7-5-15(12-23-18)20(26)11-16-9-13(2)24-28-16/h5-10,12H,4,11H2,1-3H3. The average molecular weight is 381 g/mol. The number of hydrogen-bond acceptors (Lipinski definition) is 5. The molecule has 7 heteroatoms. The van der Waals surface area contributed by atoms with Crippen molar-refractivity contribution in [3.63, 3.8) is 0 Å². The molecule has 0 aliphatic carbocycles. The van der Waals surface area contributed by atoms with E-state index in [9.17, 15) is 14.0 Å². The zero-order valence-electron chi connectivity index (χ0n) is 15.9. The zero-order valence-corrected chi connectivity index (χ0v) is 15.9. The van der Waals surface area contributed by atoms with Gasteiger partial charge in [0.1, 0.15) is 11.6 Å². The summed E-state index contributed by atoms with van der Waals surface area (Å²) in [4.78, 5) is 29.6. The van der Waals surface area contributed by atoms with Crippen molar-refractivity contribution in [1.82, 2.24) is 10.1 Å². The number of pyridine rings is 1. The van der Waals surface area contributed by atoms with Gasteiger partial charge in [-0.3, -0.25) is 14.6 Å². The van der Waals surface area contributed by atoms with Crippen LogP contribution in [0.25, 0.3) is 11.3 Å². The molecule has 0 atom stereocenters. The molecule has 6 nitrogen and oxygen atoms in total. The summed E-state index contributed by atoms with van der Waals surface area (Å²) in [6.07, 6.45) is 1.85. The predicted molar refractivity (Wildman–Crippen MR) is 103 cm³/mol. The van der Waals surface area contributed by atoms with E-state index in [1.165, 1.54) is 17.2 Å². The average Bonchev–Trinajstić information content (AvgIpc) is 3.11. The first-order valence-corrected chi connectivity index (χ1v) is 8.87. The van der Waals surface area contributed by atoms with Crippen LogP contribution in [0.15, 0.2) is 47.1 Å². The number of hydrogen-bond donors (Lipinski definition) is 0. The zero-order chi connectivity index (χ0) is 20.3. The van der Waals surface area contributed by atoms with Gasteiger partial charge >= 0.3 is 0 Å². The maximum atomic E-state index is 14.4. The van der Waals surface area contributed by atoms with E-state index in [-0.39, 0.29) is 23.8 Å². The maximum Gasteiger partial charge on any atom is 0.226 e. The number of rotatable bonds is 6. The van der Waals surface area contributed by atoms with Crippen molar-refractivity contribution < 1.29 is 18.5 Å². The Balaban J connectivity index is 1.77. The van der Waals surface area contributed by atoms with Crippen LogP contribution in [-0.2, 0) is 11.2 Å². The summed E-state index contributed by atoms with van der Waals surface area (Å²) in [5, 5.41) is 3.76. The molecule has 3 rings (SSSR count). The minimum atomic E-state index is -0.510. The molecule has 2 aromatic heterocycles. The van der Waals surface area contributed by atoms with Gasteiger partial charge in [-0.15, -0.1) is 0 Å². The fraction of sp³-hybridized carbons (Fsp3) is 0.238. The normalized spacial score (nSPS) is 10.7. The Kier molecular flexibility index (Phi) is 5.63. The molecule has 144 valence electrons. The van der Waals surface area contributed by atoms with Crippen LogP contribution in [0.2, 0.25) is 0 Å². The third kappa shape index (κ3) is 4.14. The van der Waals surface area contributed by atoms with Crippen molar-refractivity contribution in [2.75, 3.05) is 11.9 Å². The Bertz CT molecular complexity index is 1010. The number of amides is 1. The topological polar surface area (TPSA) is 76.3 Å². The van der Waals surface area contributed by atoms with Gasteiger partial charge in [0.15, 0.2) is 5.78 Å². The second-order valence-electron chi connectivity index (χ2n) is 6.44. The van der Waals surface area contributed by atoms with Crippen LogP contribution in [0.4, 0.5) is 10.1 Å². The molecule has 3 aromatic rings. The van der Waals surface area contributed by atoms with E-state index in [1.807, 2.05) is 0 Å². The lowest BCUT2D eigenvalue weighted by atomic mass is 10.1. The van der Waals surface area contributed by atoms with E-state index in [0.717, 1.165) is 0 Å². The van der Waals surface area contributed by atoms with E-state index in [2.05, 4.69) is 10.1 Å². The molecule has 0 radical (unpaired) electrons. The van der Waals surface area contributed by atoms with Crippen LogP contribution in [0.1, 0.15) is 35.2 Å². The maximum absolute atomic E-state index is 14.4. The van der Waals surface area contributed by atoms with Gasteiger partial charge in [0.05, 0.1) is 23.5 Å². The van der Waals surface area contributed by atoms with Crippen molar-refractivity contribution in [2.24, 2.45) is 0 Å². The summed E-state index contributed by atoms with van der Waals surface area (Å²) < 4.78 is 19.5. The van der Waals surface area contributed by atoms with Gasteiger partial charge in [-0.05, 0) is 31.2 Å². The highest BCUT2D eigenvalue weighted by atomic mass is 19.1. The number of carbonyl (C=O) groups excluding carboxylic acids is 2. The minimum absolute atomic E-state index is 0.100. The minimum Gasteiger partial charge on any atom is -0.361 e. The number of benzene rings is 1. The first kappa shape index (κ1) is 19.4. The molecule has 0 aliphatic heterocycles. The monoisotopic (exact) mass is 381 g/mol. The van der Waals surface area contributed by atoms with Gasteiger partial charge in [-0.25, -0.2) is 4.39 Å². The Morgan fingerprint density at radius 2 is 1.96 bits per heavy atom. The summed E-state index contributed by atoms with van der Waals surface area (Å²) in [5.74, 6) is -0.328. The summed E-state index contributed by atoms with van der Waals surface area (Å²) in [6.45, 7) is 3.51. The number of halogens is 1. The lowest BCUT2D eigenvalue weighted by molar-refractivity contribution is -0.118. The summed E-state index contributed by atoms with van der Waals surface area (Å²) in [7, 11) is 1.54. The molecule has 0 unspecified atom stereocenters. The van der Waals surface area contributed by atoms with Crippen LogP contribution in [0, 0.1) is 12.7 Å². The number of Topliss-reactive ketones (excluding diaryl/α,β-unsaturated/α-hetero) is 1. The molecule has 0 saturated carbocycles. The molecule has 1 aromatic carbocycles. The highest BCUT2D eigenvalue weighted by Gasteiger charge is 2.15. The fourth-order valence-electron chi connectivity index (χ4n) is 2.80. The van der Waals surface area contributed by atoms with Gasteiger partial charge < -0.3 is 9.42 Å². The number of anilines is 1. The molecule has 28 heavy (non-hydrogen) atoms. The van der Waals surface area contributed by atoms with Crippen LogP contribution < -0.4 is 4.90 Å². The molecule has 1 amide bonds. The molecular weight excluding hydrogens is 361 g/mol. The highest BCUT2D eigenvalue weighted by Crippen LogP contribution is 2.25. The number of carbonyl (C=O) groups is 2. The molecule has 0 aliphatic rings. The molecule has 0 saturated heterocycles. The first-order valence-electron chi connectivity index (χ1n) is 8.87. The van der Waals surface area contributed by atoms with Gasteiger partial charge in [0, 0.05) is 36.9 Å². The van der Waals surface area contributed by atoms with Crippen LogP contribution in [0.3, 0.4) is 0 Å².